The van der Waals surface area contributed by atoms with Crippen molar-refractivity contribution in [2.75, 3.05) is 12.9 Å². The van der Waals surface area contributed by atoms with E-state index in [9.17, 15) is 4.79 Å². The molecule has 0 amide bonds. The van der Waals surface area contributed by atoms with E-state index in [0.717, 1.165) is 17.3 Å². The summed E-state index contributed by atoms with van der Waals surface area (Å²) >= 11 is 6.99. The highest BCUT2D eigenvalue weighted by Gasteiger charge is 2.11. The quantitative estimate of drug-likeness (QED) is 0.635. The lowest BCUT2D eigenvalue weighted by Crippen LogP contribution is -2.02. The highest BCUT2D eigenvalue weighted by molar-refractivity contribution is 7.99. The van der Waals surface area contributed by atoms with Gasteiger partial charge in [0.05, 0.1) is 7.11 Å². The molecule has 1 heterocycles. The third kappa shape index (κ3) is 3.24. The Balaban J connectivity index is 2.08. The number of carbonyl (C=O) groups is 1. The van der Waals surface area contributed by atoms with Crippen molar-refractivity contribution in [3.63, 3.8) is 0 Å². The number of ether oxygens (including phenoxy) is 1. The van der Waals surface area contributed by atoms with Crippen LogP contribution in [0, 0.1) is 0 Å². The van der Waals surface area contributed by atoms with Gasteiger partial charge in [-0.05, 0) is 18.2 Å². The van der Waals surface area contributed by atoms with E-state index in [1.54, 1.807) is 18.2 Å². The lowest BCUT2D eigenvalue weighted by molar-refractivity contribution is -0.137. The molecule has 2 aromatic rings. The number of esters is 1. The summed E-state index contributed by atoms with van der Waals surface area (Å²) in [5.41, 5.74) is 0.736. The standard InChI is InChI=1S/C11H9ClN2O3S/c1-16-9(15)6-18-11-14-13-10(17-11)7-3-2-4-8(12)5-7/h2-5H,6H2,1H3. The third-order valence-corrected chi connectivity index (χ3v) is 3.05. The summed E-state index contributed by atoms with van der Waals surface area (Å²) in [5.74, 6) is 0.153. The minimum atomic E-state index is -0.345. The largest absolute Gasteiger partial charge is 0.468 e. The Labute approximate surface area is 112 Å². The van der Waals surface area contributed by atoms with Crippen LogP contribution in [0.5, 0.6) is 0 Å². The van der Waals surface area contributed by atoms with Crippen LogP contribution < -0.4 is 0 Å². The van der Waals surface area contributed by atoms with Gasteiger partial charge in [-0.15, -0.1) is 10.2 Å². The van der Waals surface area contributed by atoms with Crippen LogP contribution in [-0.2, 0) is 9.53 Å². The molecule has 0 aliphatic rings. The van der Waals surface area contributed by atoms with Gasteiger partial charge in [0.25, 0.3) is 5.22 Å². The summed E-state index contributed by atoms with van der Waals surface area (Å²) in [6.07, 6.45) is 0. The fourth-order valence-corrected chi connectivity index (χ4v) is 1.97. The Hall–Kier alpha value is -1.53. The molecule has 0 N–H and O–H groups in total. The molecule has 18 heavy (non-hydrogen) atoms. The average molecular weight is 285 g/mol. The van der Waals surface area contributed by atoms with Crippen molar-refractivity contribution in [2.45, 2.75) is 5.22 Å². The van der Waals surface area contributed by atoms with Gasteiger partial charge in [-0.1, -0.05) is 29.4 Å². The van der Waals surface area contributed by atoms with Gasteiger partial charge in [-0.3, -0.25) is 4.79 Å². The van der Waals surface area contributed by atoms with Crippen LogP contribution in [0.2, 0.25) is 5.02 Å². The number of thioether (sulfide) groups is 1. The molecule has 7 heteroatoms. The Bertz CT molecular complexity index is 559. The van der Waals surface area contributed by atoms with Gasteiger partial charge in [-0.25, -0.2) is 0 Å². The molecule has 94 valence electrons. The smallest absolute Gasteiger partial charge is 0.316 e. The highest BCUT2D eigenvalue weighted by atomic mass is 35.5. The summed E-state index contributed by atoms with van der Waals surface area (Å²) in [7, 11) is 1.33. The molecule has 0 spiro atoms. The molecule has 1 aromatic heterocycles. The molecule has 0 saturated carbocycles. The van der Waals surface area contributed by atoms with Gasteiger partial charge < -0.3 is 9.15 Å². The fraction of sp³-hybridized carbons (Fsp3) is 0.182. The minimum absolute atomic E-state index is 0.133. The van der Waals surface area contributed by atoms with Crippen molar-refractivity contribution in [3.05, 3.63) is 29.3 Å². The molecule has 0 aliphatic heterocycles. The van der Waals surface area contributed by atoms with Crippen LogP contribution in [0.25, 0.3) is 11.5 Å². The summed E-state index contributed by atoms with van der Waals surface area (Å²) in [5, 5.41) is 8.61. The topological polar surface area (TPSA) is 65.2 Å². The lowest BCUT2D eigenvalue weighted by Gasteiger charge is -1.95. The van der Waals surface area contributed by atoms with E-state index in [-0.39, 0.29) is 11.7 Å². The number of benzene rings is 1. The SMILES string of the molecule is COC(=O)CSc1nnc(-c2cccc(Cl)c2)o1. The molecule has 0 unspecified atom stereocenters. The van der Waals surface area contributed by atoms with E-state index in [1.807, 2.05) is 6.07 Å². The fourth-order valence-electron chi connectivity index (χ4n) is 1.19. The van der Waals surface area contributed by atoms with Crippen molar-refractivity contribution in [3.8, 4) is 11.5 Å². The van der Waals surface area contributed by atoms with E-state index in [1.165, 1.54) is 7.11 Å². The number of hydrogen-bond donors (Lipinski definition) is 0. The van der Waals surface area contributed by atoms with Crippen LogP contribution in [0.4, 0.5) is 0 Å². The maximum atomic E-state index is 11.0. The summed E-state index contributed by atoms with van der Waals surface area (Å²) in [6, 6.07) is 7.09. The average Bonchev–Trinajstić information content (AvgIpc) is 2.84. The van der Waals surface area contributed by atoms with Crippen LogP contribution in [0.15, 0.2) is 33.9 Å². The van der Waals surface area contributed by atoms with Gasteiger partial charge in [0.2, 0.25) is 5.89 Å². The second-order valence-corrected chi connectivity index (χ2v) is 4.61. The highest BCUT2D eigenvalue weighted by Crippen LogP contribution is 2.24. The number of nitrogens with zero attached hydrogens (tertiary/aromatic N) is 2. The molecule has 0 aliphatic carbocycles. The van der Waals surface area contributed by atoms with Crippen molar-refractivity contribution < 1.29 is 13.9 Å². The second-order valence-electron chi connectivity index (χ2n) is 3.25. The van der Waals surface area contributed by atoms with Crippen LogP contribution in [0.3, 0.4) is 0 Å². The number of halogens is 1. The minimum Gasteiger partial charge on any atom is -0.468 e. The van der Waals surface area contributed by atoms with Gasteiger partial charge in [0.1, 0.15) is 5.75 Å². The second kappa shape index (κ2) is 5.88. The first-order valence-electron chi connectivity index (χ1n) is 4.98. The van der Waals surface area contributed by atoms with Crippen LogP contribution in [0.1, 0.15) is 0 Å². The molecule has 1 aromatic carbocycles. The third-order valence-electron chi connectivity index (χ3n) is 2.02. The number of hydrogen-bond acceptors (Lipinski definition) is 6. The normalized spacial score (nSPS) is 10.3. The summed E-state index contributed by atoms with van der Waals surface area (Å²) in [6.45, 7) is 0. The van der Waals surface area contributed by atoms with Crippen LogP contribution in [-0.4, -0.2) is 29.0 Å². The van der Waals surface area contributed by atoms with E-state index in [4.69, 9.17) is 16.0 Å². The molecular weight excluding hydrogens is 276 g/mol. The number of methoxy groups -OCH3 is 1. The monoisotopic (exact) mass is 284 g/mol. The molecule has 5 nitrogen and oxygen atoms in total. The Kier molecular flexibility index (Phi) is 4.22. The molecule has 2 rings (SSSR count). The summed E-state index contributed by atoms with van der Waals surface area (Å²) in [4.78, 5) is 11.0. The lowest BCUT2D eigenvalue weighted by atomic mass is 10.2. The van der Waals surface area contributed by atoms with Gasteiger partial charge >= 0.3 is 5.97 Å². The van der Waals surface area contributed by atoms with Crippen LogP contribution >= 0.6 is 23.4 Å². The molecule has 0 radical (unpaired) electrons. The van der Waals surface area contributed by atoms with E-state index in [0.29, 0.717) is 16.1 Å². The first kappa shape index (κ1) is 12.9. The van der Waals surface area contributed by atoms with Gasteiger partial charge in [-0.2, -0.15) is 0 Å². The Morgan fingerprint density at radius 2 is 2.33 bits per heavy atom. The first-order chi connectivity index (χ1) is 8.69. The molecule has 0 saturated heterocycles. The predicted molar refractivity (Wildman–Crippen MR) is 67.5 cm³/mol. The Morgan fingerprint density at radius 3 is 3.06 bits per heavy atom. The van der Waals surface area contributed by atoms with Crippen molar-refractivity contribution in [2.24, 2.45) is 0 Å². The maximum absolute atomic E-state index is 11.0. The predicted octanol–water partition coefficient (Wildman–Crippen LogP) is 2.66. The Morgan fingerprint density at radius 1 is 1.50 bits per heavy atom. The van der Waals surface area contributed by atoms with Gasteiger partial charge in [0.15, 0.2) is 0 Å². The number of aromatic nitrogens is 2. The van der Waals surface area contributed by atoms with Crippen molar-refractivity contribution in [1.29, 1.82) is 0 Å². The maximum Gasteiger partial charge on any atom is 0.316 e. The zero-order chi connectivity index (χ0) is 13.0. The molecule has 0 bridgehead atoms. The first-order valence-corrected chi connectivity index (χ1v) is 6.34. The zero-order valence-electron chi connectivity index (χ0n) is 9.42. The molecule has 0 atom stereocenters. The summed E-state index contributed by atoms with van der Waals surface area (Å²) < 4.78 is 9.91. The van der Waals surface area contributed by atoms with Gasteiger partial charge in [0, 0.05) is 10.6 Å². The van der Waals surface area contributed by atoms with E-state index in [2.05, 4.69) is 14.9 Å². The number of carbonyl (C=O) groups excluding carboxylic acids is 1. The van der Waals surface area contributed by atoms with Crippen molar-refractivity contribution in [1.82, 2.24) is 10.2 Å². The zero-order valence-corrected chi connectivity index (χ0v) is 11.0. The van der Waals surface area contributed by atoms with E-state index >= 15 is 0 Å². The molecule has 0 fully saturated rings. The number of rotatable bonds is 4. The van der Waals surface area contributed by atoms with Crippen molar-refractivity contribution >= 4 is 29.3 Å². The van der Waals surface area contributed by atoms with E-state index < -0.39 is 0 Å². The molecular formula is C11H9ClN2O3S.